The van der Waals surface area contributed by atoms with E-state index in [4.69, 9.17) is 0 Å². The van der Waals surface area contributed by atoms with Crippen molar-refractivity contribution in [2.24, 2.45) is 0 Å². The van der Waals surface area contributed by atoms with Crippen LogP contribution in [0.25, 0.3) is 12.2 Å². The van der Waals surface area contributed by atoms with Gasteiger partial charge in [0.25, 0.3) is 0 Å². The molecule has 152 valence electrons. The normalized spacial score (nSPS) is 12.2. The second-order valence-corrected chi connectivity index (χ2v) is 8.77. The van der Waals surface area contributed by atoms with Crippen LogP contribution in [0.3, 0.4) is 0 Å². The van der Waals surface area contributed by atoms with Gasteiger partial charge in [-0.2, -0.15) is 0 Å². The number of carbonyl (C=O) groups is 1. The zero-order valence-corrected chi connectivity index (χ0v) is 19.1. The first-order valence-corrected chi connectivity index (χ1v) is 10.8. The maximum atomic E-state index is 12.3. The van der Waals surface area contributed by atoms with E-state index in [0.29, 0.717) is 0 Å². The number of thiophene rings is 1. The van der Waals surface area contributed by atoms with Crippen molar-refractivity contribution in [1.29, 1.82) is 0 Å². The van der Waals surface area contributed by atoms with Gasteiger partial charge in [-0.05, 0) is 69.4 Å². The van der Waals surface area contributed by atoms with E-state index in [2.05, 4.69) is 50.0 Å². The van der Waals surface area contributed by atoms with Gasteiger partial charge in [0, 0.05) is 38.1 Å². The van der Waals surface area contributed by atoms with Crippen molar-refractivity contribution in [1.82, 2.24) is 9.97 Å². The van der Waals surface area contributed by atoms with Crippen LogP contribution in [-0.4, -0.2) is 15.8 Å². The standard InChI is InChI=1S/C25H30N2OS/c1-9-18-12-21(29-20(18)11-3)23(24-13(4)19(10-2)15(6)26-24)25-14(5)22(17(8)28)16(7)27-25/h9,11-12,23,26-27H,1,3,10H2,2,4-8H3. The highest BCUT2D eigenvalue weighted by Gasteiger charge is 2.29. The highest BCUT2D eigenvalue weighted by atomic mass is 32.1. The summed E-state index contributed by atoms with van der Waals surface area (Å²) in [5, 5.41) is 0. The minimum Gasteiger partial charge on any atom is -0.361 e. The molecule has 3 heterocycles. The number of nitrogens with one attached hydrogen (secondary N) is 2. The van der Waals surface area contributed by atoms with Gasteiger partial charge in [-0.25, -0.2) is 0 Å². The number of ketones is 1. The molecule has 3 rings (SSSR count). The molecular weight excluding hydrogens is 376 g/mol. The largest absolute Gasteiger partial charge is 0.361 e. The van der Waals surface area contributed by atoms with Crippen molar-refractivity contribution in [3.63, 3.8) is 0 Å². The molecule has 0 spiro atoms. The Balaban J connectivity index is 2.33. The number of aromatic nitrogens is 2. The molecule has 0 amide bonds. The van der Waals surface area contributed by atoms with Gasteiger partial charge in [0.1, 0.15) is 0 Å². The second kappa shape index (κ2) is 8.03. The number of hydrogen-bond acceptors (Lipinski definition) is 2. The topological polar surface area (TPSA) is 48.6 Å². The lowest BCUT2D eigenvalue weighted by molar-refractivity contribution is 0.101. The fourth-order valence-electron chi connectivity index (χ4n) is 4.55. The van der Waals surface area contributed by atoms with Crippen LogP contribution in [0.1, 0.15) is 84.9 Å². The van der Waals surface area contributed by atoms with Crippen molar-refractivity contribution in [2.75, 3.05) is 0 Å². The molecule has 0 aliphatic heterocycles. The molecule has 3 aromatic heterocycles. The summed E-state index contributed by atoms with van der Waals surface area (Å²) in [7, 11) is 0. The number of carbonyl (C=O) groups excluding carboxylic acids is 1. The maximum absolute atomic E-state index is 12.3. The average Bonchev–Trinajstić information content (AvgIpc) is 3.30. The van der Waals surface area contributed by atoms with Crippen molar-refractivity contribution in [3.8, 4) is 0 Å². The van der Waals surface area contributed by atoms with E-state index in [0.717, 1.165) is 39.4 Å². The Hall–Kier alpha value is -2.59. The summed E-state index contributed by atoms with van der Waals surface area (Å²) in [6.07, 6.45) is 4.76. The fourth-order valence-corrected chi connectivity index (χ4v) is 5.69. The van der Waals surface area contributed by atoms with Crippen LogP contribution in [0, 0.1) is 27.7 Å². The quantitative estimate of drug-likeness (QED) is 0.413. The summed E-state index contributed by atoms with van der Waals surface area (Å²) in [5.41, 5.74) is 9.97. The molecule has 0 radical (unpaired) electrons. The third kappa shape index (κ3) is 3.46. The first-order chi connectivity index (χ1) is 13.7. The second-order valence-electron chi connectivity index (χ2n) is 7.65. The first-order valence-electron chi connectivity index (χ1n) is 10.0. The Morgan fingerprint density at radius 2 is 1.69 bits per heavy atom. The molecule has 0 aliphatic rings. The summed E-state index contributed by atoms with van der Waals surface area (Å²) >= 11 is 1.73. The lowest BCUT2D eigenvalue weighted by Crippen LogP contribution is -2.07. The smallest absolute Gasteiger partial charge is 0.161 e. The van der Waals surface area contributed by atoms with Crippen LogP contribution in [0.2, 0.25) is 0 Å². The predicted octanol–water partition coefficient (Wildman–Crippen LogP) is 6.87. The van der Waals surface area contributed by atoms with Gasteiger partial charge in [0.2, 0.25) is 0 Å². The summed E-state index contributed by atoms with van der Waals surface area (Å²) in [4.78, 5) is 21.8. The van der Waals surface area contributed by atoms with E-state index in [1.54, 1.807) is 18.3 Å². The van der Waals surface area contributed by atoms with Gasteiger partial charge in [-0.15, -0.1) is 11.3 Å². The van der Waals surface area contributed by atoms with E-state index in [-0.39, 0.29) is 11.7 Å². The Morgan fingerprint density at radius 1 is 1.07 bits per heavy atom. The minimum absolute atomic E-state index is 0.00167. The number of aromatic amines is 2. The van der Waals surface area contributed by atoms with Crippen molar-refractivity contribution in [3.05, 3.63) is 79.6 Å². The van der Waals surface area contributed by atoms with Gasteiger partial charge in [0.05, 0.1) is 5.92 Å². The molecular formula is C25H30N2OS. The maximum Gasteiger partial charge on any atom is 0.161 e. The Kier molecular flexibility index (Phi) is 5.85. The molecule has 0 saturated heterocycles. The monoisotopic (exact) mass is 406 g/mol. The number of H-pyrrole nitrogens is 2. The zero-order valence-electron chi connectivity index (χ0n) is 18.2. The molecule has 0 bridgehead atoms. The molecule has 29 heavy (non-hydrogen) atoms. The van der Waals surface area contributed by atoms with Crippen LogP contribution in [-0.2, 0) is 6.42 Å². The summed E-state index contributed by atoms with van der Waals surface area (Å²) in [5.74, 6) is 0.0952. The number of Topliss-reactive ketones (excluding diaryl/α,β-unsaturated/α-hetero) is 1. The van der Waals surface area contributed by atoms with Crippen LogP contribution < -0.4 is 0 Å². The molecule has 0 aliphatic carbocycles. The van der Waals surface area contributed by atoms with Crippen LogP contribution >= 0.6 is 11.3 Å². The molecule has 3 nitrogen and oxygen atoms in total. The highest BCUT2D eigenvalue weighted by Crippen LogP contribution is 2.42. The van der Waals surface area contributed by atoms with E-state index in [9.17, 15) is 4.79 Å². The highest BCUT2D eigenvalue weighted by molar-refractivity contribution is 7.13. The number of hydrogen-bond donors (Lipinski definition) is 2. The Labute approximate surface area is 177 Å². The lowest BCUT2D eigenvalue weighted by Gasteiger charge is -2.17. The van der Waals surface area contributed by atoms with E-state index in [1.807, 2.05) is 26.0 Å². The van der Waals surface area contributed by atoms with Crippen molar-refractivity contribution >= 4 is 29.3 Å². The van der Waals surface area contributed by atoms with Gasteiger partial charge in [-0.3, -0.25) is 4.79 Å². The van der Waals surface area contributed by atoms with Crippen LogP contribution in [0.15, 0.2) is 19.2 Å². The molecule has 2 N–H and O–H groups in total. The third-order valence-corrected chi connectivity index (χ3v) is 7.10. The van der Waals surface area contributed by atoms with Crippen molar-refractivity contribution < 1.29 is 4.79 Å². The molecule has 0 aromatic carbocycles. The van der Waals surface area contributed by atoms with E-state index < -0.39 is 0 Å². The molecule has 0 saturated carbocycles. The molecule has 0 fully saturated rings. The molecule has 1 unspecified atom stereocenters. The zero-order chi connectivity index (χ0) is 21.5. The summed E-state index contributed by atoms with van der Waals surface area (Å²) < 4.78 is 0. The van der Waals surface area contributed by atoms with Crippen molar-refractivity contribution in [2.45, 2.75) is 53.9 Å². The van der Waals surface area contributed by atoms with E-state index >= 15 is 0 Å². The third-order valence-electron chi connectivity index (χ3n) is 5.89. The van der Waals surface area contributed by atoms with Gasteiger partial charge >= 0.3 is 0 Å². The molecule has 3 aromatic rings. The summed E-state index contributed by atoms with van der Waals surface area (Å²) in [6, 6.07) is 2.20. The van der Waals surface area contributed by atoms with Gasteiger partial charge in [-0.1, -0.05) is 32.2 Å². The van der Waals surface area contributed by atoms with Crippen LogP contribution in [0.5, 0.6) is 0 Å². The van der Waals surface area contributed by atoms with Gasteiger partial charge in [0.15, 0.2) is 5.78 Å². The lowest BCUT2D eigenvalue weighted by atomic mass is 9.91. The average molecular weight is 407 g/mol. The van der Waals surface area contributed by atoms with Crippen LogP contribution in [0.4, 0.5) is 0 Å². The fraction of sp³-hybridized carbons (Fsp3) is 0.320. The number of rotatable bonds is 7. The number of aryl methyl sites for hydroxylation is 2. The van der Waals surface area contributed by atoms with E-state index in [1.165, 1.54) is 27.4 Å². The Morgan fingerprint density at radius 3 is 2.14 bits per heavy atom. The SMILES string of the molecule is C=Cc1cc(C(c2[nH]c(C)c(CC)c2C)c2[nH]c(C)c(C(C)=O)c2C)sc1C=C. The summed E-state index contributed by atoms with van der Waals surface area (Å²) in [6.45, 7) is 20.1. The first kappa shape index (κ1) is 21.1. The van der Waals surface area contributed by atoms with Gasteiger partial charge < -0.3 is 9.97 Å². The Bertz CT molecular complexity index is 1080. The molecule has 4 heteroatoms. The molecule has 1 atom stereocenters. The predicted molar refractivity (Wildman–Crippen MR) is 125 cm³/mol. The minimum atomic E-state index is -0.00167.